The third-order valence-electron chi connectivity index (χ3n) is 5.97. The van der Waals surface area contributed by atoms with Crippen LogP contribution < -0.4 is 5.32 Å². The maximum Gasteiger partial charge on any atom is 0.251 e. The lowest BCUT2D eigenvalue weighted by Gasteiger charge is -2.05. The van der Waals surface area contributed by atoms with Gasteiger partial charge in [0.15, 0.2) is 5.82 Å². The van der Waals surface area contributed by atoms with E-state index in [2.05, 4.69) is 55.6 Å². The average molecular weight is 499 g/mol. The van der Waals surface area contributed by atoms with Crippen molar-refractivity contribution in [3.05, 3.63) is 88.2 Å². The first-order valence-electron chi connectivity index (χ1n) is 11.7. The van der Waals surface area contributed by atoms with Crippen LogP contribution in [0.3, 0.4) is 0 Å². The highest BCUT2D eigenvalue weighted by atomic mass is 32.1. The Morgan fingerprint density at radius 3 is 2.78 bits per heavy atom. The van der Waals surface area contributed by atoms with Crippen molar-refractivity contribution in [1.82, 2.24) is 20.3 Å². The van der Waals surface area contributed by atoms with Crippen molar-refractivity contribution in [2.24, 2.45) is 10.2 Å². The van der Waals surface area contributed by atoms with Gasteiger partial charge in [-0.3, -0.25) is 4.79 Å². The minimum absolute atomic E-state index is 0.103. The third kappa shape index (κ3) is 5.17. The number of aromatic nitrogens is 3. The van der Waals surface area contributed by atoms with Gasteiger partial charge in [-0.2, -0.15) is 5.11 Å². The van der Waals surface area contributed by atoms with Gasteiger partial charge in [-0.15, -0.1) is 16.5 Å². The summed E-state index contributed by atoms with van der Waals surface area (Å²) in [6.45, 7) is 3.51. The molecule has 5 rings (SSSR count). The van der Waals surface area contributed by atoms with Gasteiger partial charge in [0.1, 0.15) is 11.2 Å². The van der Waals surface area contributed by atoms with Crippen LogP contribution in [0.25, 0.3) is 21.1 Å². The number of hydrogen-bond acceptors (Lipinski definition) is 7. The number of fused-ring (bicyclic) bond motifs is 2. The number of nitrogens with zero attached hydrogens (tertiary/aromatic N) is 4. The molecule has 0 aliphatic carbocycles. The van der Waals surface area contributed by atoms with E-state index in [0.717, 1.165) is 49.2 Å². The second-order valence-corrected chi connectivity index (χ2v) is 9.54. The molecule has 0 unspecified atom stereocenters. The normalized spacial score (nSPS) is 11.6. The minimum Gasteiger partial charge on any atom is -0.383 e. The number of aromatic amines is 1. The number of amides is 1. The first-order valence-corrected chi connectivity index (χ1v) is 12.5. The molecule has 5 aromatic rings. The van der Waals surface area contributed by atoms with Gasteiger partial charge in [0.25, 0.3) is 5.91 Å². The van der Waals surface area contributed by atoms with E-state index < -0.39 is 0 Å². The summed E-state index contributed by atoms with van der Waals surface area (Å²) in [5.74, 6) is 0.469. The number of carbonyl (C=O) groups excluding carboxylic acids is 1. The van der Waals surface area contributed by atoms with Crippen LogP contribution >= 0.6 is 11.3 Å². The second-order valence-electron chi connectivity index (χ2n) is 8.42. The number of rotatable bonds is 9. The summed E-state index contributed by atoms with van der Waals surface area (Å²) < 4.78 is 4.97. The van der Waals surface area contributed by atoms with Gasteiger partial charge in [-0.05, 0) is 36.8 Å². The van der Waals surface area contributed by atoms with Gasteiger partial charge in [-0.1, -0.05) is 30.3 Å². The number of thiophene rings is 1. The molecule has 2 N–H and O–H groups in total. The molecule has 3 aromatic heterocycles. The highest BCUT2D eigenvalue weighted by Gasteiger charge is 2.11. The third-order valence-corrected chi connectivity index (χ3v) is 7.01. The van der Waals surface area contributed by atoms with Crippen LogP contribution in [0.1, 0.15) is 32.1 Å². The molecule has 0 aliphatic heterocycles. The Kier molecular flexibility index (Phi) is 7.11. The summed E-state index contributed by atoms with van der Waals surface area (Å²) in [6.07, 6.45) is 2.27. The average Bonchev–Trinajstić information content (AvgIpc) is 3.45. The molecule has 182 valence electrons. The van der Waals surface area contributed by atoms with Crippen molar-refractivity contribution in [2.75, 3.05) is 20.3 Å². The van der Waals surface area contributed by atoms with Crippen molar-refractivity contribution in [2.45, 2.75) is 19.9 Å². The SMILES string of the molecule is COCCNC(=O)c1ccc(Cc2cc3c(N=NCc4c(C)[nH]c5ccccc45)ncnc3s2)cc1. The summed E-state index contributed by atoms with van der Waals surface area (Å²) in [6, 6.07) is 17.9. The molecule has 0 spiro atoms. The van der Waals surface area contributed by atoms with Crippen LogP contribution in [-0.4, -0.2) is 41.1 Å². The summed E-state index contributed by atoms with van der Waals surface area (Å²) in [5.41, 5.74) is 5.08. The number of azo groups is 1. The summed E-state index contributed by atoms with van der Waals surface area (Å²) >= 11 is 1.61. The quantitative estimate of drug-likeness (QED) is 0.200. The van der Waals surface area contributed by atoms with E-state index in [1.165, 1.54) is 6.33 Å². The lowest BCUT2D eigenvalue weighted by Crippen LogP contribution is -2.26. The molecule has 36 heavy (non-hydrogen) atoms. The number of para-hydroxylation sites is 1. The van der Waals surface area contributed by atoms with Gasteiger partial charge < -0.3 is 15.0 Å². The lowest BCUT2D eigenvalue weighted by molar-refractivity contribution is 0.0937. The molecule has 0 saturated heterocycles. The number of aryl methyl sites for hydroxylation is 1. The number of hydrogen-bond donors (Lipinski definition) is 2. The standard InChI is InChI=1S/C27H26N6O2S/c1-17-23(21-5-3-4-6-24(21)32-17)15-31-33-25-22-14-20(36-27(22)30-16-29-25)13-18-7-9-19(10-8-18)26(34)28-11-12-35-2/h3-10,14,16,32H,11-13,15H2,1-2H3,(H,28,34). The molecule has 8 nitrogen and oxygen atoms in total. The van der Waals surface area contributed by atoms with Gasteiger partial charge in [0.05, 0.1) is 18.5 Å². The van der Waals surface area contributed by atoms with Crippen molar-refractivity contribution < 1.29 is 9.53 Å². The molecule has 2 aromatic carbocycles. The van der Waals surface area contributed by atoms with Crippen molar-refractivity contribution in [3.63, 3.8) is 0 Å². The highest BCUT2D eigenvalue weighted by Crippen LogP contribution is 2.31. The molecule has 0 saturated carbocycles. The van der Waals surface area contributed by atoms with E-state index in [0.29, 0.717) is 31.1 Å². The number of carbonyl (C=O) groups is 1. The minimum atomic E-state index is -0.103. The predicted molar refractivity (Wildman–Crippen MR) is 142 cm³/mol. The predicted octanol–water partition coefficient (Wildman–Crippen LogP) is 5.73. The first kappa shape index (κ1) is 23.8. The summed E-state index contributed by atoms with van der Waals surface area (Å²) in [4.78, 5) is 26.4. The molecular formula is C27H26N6O2S. The van der Waals surface area contributed by atoms with Crippen LogP contribution in [0.2, 0.25) is 0 Å². The zero-order valence-electron chi connectivity index (χ0n) is 20.1. The number of benzene rings is 2. The molecule has 0 fully saturated rings. The Labute approximate surface area is 212 Å². The van der Waals surface area contributed by atoms with Crippen LogP contribution in [0, 0.1) is 6.92 Å². The van der Waals surface area contributed by atoms with Crippen LogP contribution in [-0.2, 0) is 17.7 Å². The Morgan fingerprint density at radius 1 is 1.11 bits per heavy atom. The van der Waals surface area contributed by atoms with Crippen LogP contribution in [0.4, 0.5) is 5.82 Å². The molecular weight excluding hydrogens is 472 g/mol. The van der Waals surface area contributed by atoms with E-state index in [9.17, 15) is 4.79 Å². The lowest BCUT2D eigenvalue weighted by atomic mass is 10.1. The Bertz CT molecular complexity index is 1540. The zero-order chi connectivity index (χ0) is 24.9. The van der Waals surface area contributed by atoms with E-state index in [1.807, 2.05) is 36.4 Å². The Hall–Kier alpha value is -3.95. The fourth-order valence-corrected chi connectivity index (χ4v) is 5.14. The zero-order valence-corrected chi connectivity index (χ0v) is 20.9. The van der Waals surface area contributed by atoms with Crippen molar-refractivity contribution in [3.8, 4) is 0 Å². The maximum absolute atomic E-state index is 12.2. The molecule has 3 heterocycles. The van der Waals surface area contributed by atoms with E-state index in [4.69, 9.17) is 4.74 Å². The van der Waals surface area contributed by atoms with Gasteiger partial charge >= 0.3 is 0 Å². The number of methoxy groups -OCH3 is 1. The van der Waals surface area contributed by atoms with Crippen molar-refractivity contribution in [1.29, 1.82) is 0 Å². The Balaban J connectivity index is 1.29. The van der Waals surface area contributed by atoms with E-state index >= 15 is 0 Å². The van der Waals surface area contributed by atoms with Gasteiger partial charge in [0, 0.05) is 52.7 Å². The first-order chi connectivity index (χ1) is 17.6. The molecule has 0 radical (unpaired) electrons. The van der Waals surface area contributed by atoms with Gasteiger partial charge in [0.2, 0.25) is 0 Å². The molecule has 9 heteroatoms. The molecule has 0 aliphatic rings. The van der Waals surface area contributed by atoms with E-state index in [-0.39, 0.29) is 5.91 Å². The number of nitrogens with one attached hydrogen (secondary N) is 2. The summed E-state index contributed by atoms with van der Waals surface area (Å²) in [5, 5.41) is 13.8. The van der Waals surface area contributed by atoms with Crippen LogP contribution in [0.15, 0.2) is 71.2 Å². The van der Waals surface area contributed by atoms with Crippen LogP contribution in [0.5, 0.6) is 0 Å². The van der Waals surface area contributed by atoms with Crippen molar-refractivity contribution >= 4 is 44.2 Å². The molecule has 0 bridgehead atoms. The summed E-state index contributed by atoms with van der Waals surface area (Å²) in [7, 11) is 1.61. The topological polar surface area (TPSA) is 105 Å². The smallest absolute Gasteiger partial charge is 0.251 e. The number of ether oxygens (including phenoxy) is 1. The van der Waals surface area contributed by atoms with E-state index in [1.54, 1.807) is 18.4 Å². The number of H-pyrrole nitrogens is 1. The molecule has 1 amide bonds. The van der Waals surface area contributed by atoms with Gasteiger partial charge in [-0.25, -0.2) is 9.97 Å². The largest absolute Gasteiger partial charge is 0.383 e. The highest BCUT2D eigenvalue weighted by molar-refractivity contribution is 7.18. The fourth-order valence-electron chi connectivity index (χ4n) is 4.12. The maximum atomic E-state index is 12.2. The Morgan fingerprint density at radius 2 is 1.94 bits per heavy atom. The molecule has 0 atom stereocenters. The monoisotopic (exact) mass is 498 g/mol. The fraction of sp³-hybridized carbons (Fsp3) is 0.222. The second kappa shape index (κ2) is 10.8.